The second-order valence-electron chi connectivity index (χ2n) is 19.3. The molecule has 0 radical (unpaired) electrons. The minimum atomic E-state index is -2.82. The fourth-order valence-electron chi connectivity index (χ4n) is 5.40. The summed E-state index contributed by atoms with van der Waals surface area (Å²) >= 11 is 0. The minimum Gasteiger partial charge on any atom is -0.462 e. The third-order valence-electron chi connectivity index (χ3n) is 9.71. The third kappa shape index (κ3) is 19.9. The van der Waals surface area contributed by atoms with Gasteiger partial charge in [-0.25, -0.2) is 4.79 Å². The lowest BCUT2D eigenvalue weighted by Crippen LogP contribution is -2.59. The molecule has 0 atom stereocenters. The Balaban J connectivity index is 5.68. The van der Waals surface area contributed by atoms with Gasteiger partial charge in [-0.2, -0.15) is 0 Å². The third-order valence-corrected chi connectivity index (χ3v) is 38.9. The standard InChI is InChI=1S/C34H80O8Si7/c1-31(2)32(35)36-25-22-30-49(21,41-47(17,18)39-43(9,10)28-23-26-37-45(13,14)33(3,4)5)42-48(19,20)40-44(11,12)29-24-27-38-46(15,16)34(6,7)8/h1,22-30H2,2-21H3. The Morgan fingerprint density at radius 1 is 0.531 bits per heavy atom. The molecule has 0 rings (SSSR count). The van der Waals surface area contributed by atoms with Gasteiger partial charge >= 0.3 is 31.7 Å². The molecular formula is C34H80O8Si7. The van der Waals surface area contributed by atoms with E-state index in [9.17, 15) is 4.79 Å². The van der Waals surface area contributed by atoms with Crippen LogP contribution in [0.25, 0.3) is 0 Å². The predicted octanol–water partition coefficient (Wildman–Crippen LogP) is 11.3. The normalized spacial score (nSPS) is 14.7. The molecule has 0 unspecified atom stereocenters. The fourth-order valence-corrected chi connectivity index (χ4v) is 32.6. The van der Waals surface area contributed by atoms with Gasteiger partial charge in [0.05, 0.1) is 6.61 Å². The molecule has 0 spiro atoms. The summed E-state index contributed by atoms with van der Waals surface area (Å²) in [6.45, 7) is 50.1. The molecule has 0 fully saturated rings. The van der Waals surface area contributed by atoms with E-state index in [0.29, 0.717) is 24.6 Å². The Labute approximate surface area is 311 Å². The molecular weight excluding hydrogens is 733 g/mol. The van der Waals surface area contributed by atoms with E-state index in [2.05, 4.69) is 133 Å². The molecule has 0 aliphatic rings. The fraction of sp³-hybridized carbons (Fsp3) is 0.912. The van der Waals surface area contributed by atoms with Crippen LogP contribution in [0, 0.1) is 0 Å². The van der Waals surface area contributed by atoms with Gasteiger partial charge in [0.15, 0.2) is 33.3 Å². The van der Waals surface area contributed by atoms with Crippen molar-refractivity contribution < 1.29 is 34.8 Å². The first-order valence-corrected chi connectivity index (χ1v) is 38.7. The number of esters is 1. The van der Waals surface area contributed by atoms with Gasteiger partial charge in [0.2, 0.25) is 0 Å². The molecule has 0 aliphatic heterocycles. The Kier molecular flexibility index (Phi) is 18.9. The number of ether oxygens (including phenoxy) is 1. The molecule has 49 heavy (non-hydrogen) atoms. The Morgan fingerprint density at radius 3 is 1.16 bits per heavy atom. The van der Waals surface area contributed by atoms with Gasteiger partial charge in [-0.3, -0.25) is 0 Å². The quantitative estimate of drug-likeness (QED) is 0.0437. The molecule has 0 saturated heterocycles. The first-order chi connectivity index (χ1) is 21.6. The second-order valence-corrected chi connectivity index (χ2v) is 48.6. The zero-order chi connectivity index (χ0) is 39.0. The lowest BCUT2D eigenvalue weighted by molar-refractivity contribution is -0.138. The van der Waals surface area contributed by atoms with Gasteiger partial charge in [0.1, 0.15) is 0 Å². The molecule has 0 N–H and O–H groups in total. The average Bonchev–Trinajstić information content (AvgIpc) is 2.83. The smallest absolute Gasteiger partial charge is 0.333 e. The largest absolute Gasteiger partial charge is 0.462 e. The van der Waals surface area contributed by atoms with Gasteiger partial charge in [0, 0.05) is 18.8 Å². The maximum atomic E-state index is 12.1. The number of carbonyl (C=O) groups excluding carboxylic acids is 1. The summed E-state index contributed by atoms with van der Waals surface area (Å²) in [5.74, 6) is -0.364. The minimum absolute atomic E-state index is 0.203. The van der Waals surface area contributed by atoms with Crippen molar-refractivity contribution >= 4 is 64.9 Å². The summed E-state index contributed by atoms with van der Waals surface area (Å²) in [6, 6.07) is 2.71. The van der Waals surface area contributed by atoms with Crippen LogP contribution in [0.2, 0.25) is 113 Å². The van der Waals surface area contributed by atoms with Crippen LogP contribution >= 0.6 is 0 Å². The highest BCUT2D eigenvalue weighted by atomic mass is 28.5. The van der Waals surface area contributed by atoms with E-state index in [-0.39, 0.29) is 16.0 Å². The van der Waals surface area contributed by atoms with Gasteiger partial charge in [-0.15, -0.1) is 0 Å². The molecule has 0 saturated carbocycles. The maximum absolute atomic E-state index is 12.1. The average molecular weight is 814 g/mol. The van der Waals surface area contributed by atoms with Gasteiger partial charge in [-0.05, 0) is 140 Å². The van der Waals surface area contributed by atoms with Crippen molar-refractivity contribution in [1.29, 1.82) is 0 Å². The zero-order valence-corrected chi connectivity index (χ0v) is 42.8. The van der Waals surface area contributed by atoms with E-state index in [1.807, 2.05) is 0 Å². The highest BCUT2D eigenvalue weighted by Crippen LogP contribution is 2.38. The van der Waals surface area contributed by atoms with Crippen molar-refractivity contribution in [3.8, 4) is 0 Å². The highest BCUT2D eigenvalue weighted by Gasteiger charge is 2.48. The van der Waals surface area contributed by atoms with Crippen LogP contribution in [0.3, 0.4) is 0 Å². The number of hydrogen-bond acceptors (Lipinski definition) is 8. The van der Waals surface area contributed by atoms with Gasteiger partial charge in [-0.1, -0.05) is 48.1 Å². The lowest BCUT2D eigenvalue weighted by atomic mass is 10.2. The number of carbonyl (C=O) groups is 1. The molecule has 292 valence electrons. The molecule has 0 amide bonds. The predicted molar refractivity (Wildman–Crippen MR) is 226 cm³/mol. The Morgan fingerprint density at radius 2 is 0.857 bits per heavy atom. The molecule has 15 heteroatoms. The summed E-state index contributed by atoms with van der Waals surface area (Å²) in [6.07, 6.45) is 2.63. The monoisotopic (exact) mass is 812 g/mol. The molecule has 0 heterocycles. The van der Waals surface area contributed by atoms with E-state index < -0.39 is 59.0 Å². The molecule has 0 aromatic heterocycles. The lowest BCUT2D eigenvalue weighted by Gasteiger charge is -2.44. The van der Waals surface area contributed by atoms with Gasteiger partial charge < -0.3 is 30.0 Å². The van der Waals surface area contributed by atoms with Crippen LogP contribution < -0.4 is 0 Å². The summed E-state index contributed by atoms with van der Waals surface area (Å²) in [5, 5.41) is 0.406. The van der Waals surface area contributed by atoms with E-state index in [1.54, 1.807) is 6.92 Å². The second kappa shape index (κ2) is 18.7. The SMILES string of the molecule is C=C(C)C(=O)OCCC[Si](C)(O[Si](C)(C)O[Si](C)(C)CCCO[Si](C)(C)C(C)(C)C)O[Si](C)(C)O[Si](C)(C)CCCO[Si](C)(C)C(C)(C)C. The first kappa shape index (κ1) is 49.5. The van der Waals surface area contributed by atoms with Crippen molar-refractivity contribution in [1.82, 2.24) is 0 Å². The zero-order valence-electron chi connectivity index (χ0n) is 35.8. The summed E-state index contributed by atoms with van der Waals surface area (Å²) in [5.41, 5.74) is 0.403. The summed E-state index contributed by atoms with van der Waals surface area (Å²) in [7, 11) is -15.7. The summed E-state index contributed by atoms with van der Waals surface area (Å²) < 4.78 is 46.5. The summed E-state index contributed by atoms with van der Waals surface area (Å²) in [4.78, 5) is 12.1. The molecule has 0 aliphatic carbocycles. The van der Waals surface area contributed by atoms with E-state index in [4.69, 9.17) is 30.0 Å². The Hall–Kier alpha value is 0.488. The van der Waals surface area contributed by atoms with Crippen molar-refractivity contribution in [2.24, 2.45) is 0 Å². The van der Waals surface area contributed by atoms with Crippen LogP contribution in [-0.2, 0) is 34.8 Å². The van der Waals surface area contributed by atoms with E-state index in [1.165, 1.54) is 0 Å². The topological polar surface area (TPSA) is 81.7 Å². The van der Waals surface area contributed by atoms with Crippen molar-refractivity contribution in [3.63, 3.8) is 0 Å². The van der Waals surface area contributed by atoms with Crippen LogP contribution in [0.15, 0.2) is 12.2 Å². The first-order valence-electron chi connectivity index (χ1n) is 18.5. The van der Waals surface area contributed by atoms with Crippen LogP contribution in [0.5, 0.6) is 0 Å². The van der Waals surface area contributed by atoms with Crippen LogP contribution in [-0.4, -0.2) is 84.7 Å². The molecule has 8 nitrogen and oxygen atoms in total. The van der Waals surface area contributed by atoms with Crippen molar-refractivity contribution in [2.75, 3.05) is 19.8 Å². The molecule has 0 bridgehead atoms. The Bertz CT molecular complexity index is 986. The van der Waals surface area contributed by atoms with E-state index >= 15 is 0 Å². The van der Waals surface area contributed by atoms with Crippen molar-refractivity contribution in [3.05, 3.63) is 12.2 Å². The van der Waals surface area contributed by atoms with E-state index in [0.717, 1.165) is 38.1 Å². The van der Waals surface area contributed by atoms with Crippen molar-refractivity contribution in [2.45, 2.75) is 181 Å². The van der Waals surface area contributed by atoms with Gasteiger partial charge in [0.25, 0.3) is 0 Å². The van der Waals surface area contributed by atoms with Crippen LogP contribution in [0.1, 0.15) is 67.7 Å². The maximum Gasteiger partial charge on any atom is 0.333 e. The number of hydrogen-bond donors (Lipinski definition) is 0. The molecule has 0 aromatic carbocycles. The molecule has 0 aromatic rings. The highest BCUT2D eigenvalue weighted by molar-refractivity contribution is 6.91. The number of rotatable bonds is 23. The van der Waals surface area contributed by atoms with Crippen LogP contribution in [0.4, 0.5) is 0 Å².